The summed E-state index contributed by atoms with van der Waals surface area (Å²) in [5.41, 5.74) is 0.661. The average Bonchev–Trinajstić information content (AvgIpc) is 3.15. The van der Waals surface area contributed by atoms with Crippen molar-refractivity contribution in [3.8, 4) is 17.2 Å². The number of para-hydroxylation sites is 2. The SMILES string of the molecule is COc1ccccc1OCCOc1ccc(Cl)cc1[C@@H]1SC(NC(C)=O)=NN1C(C)=O. The molecule has 8 nitrogen and oxygen atoms in total. The molecule has 1 aliphatic rings. The standard InChI is InChI=1S/C21H22ClN3O5S/c1-13(26)23-21-24-25(14(2)27)20(31-21)16-12-15(22)8-9-17(16)29-10-11-30-19-7-5-4-6-18(19)28-3/h4-9,12,20H,10-11H2,1-3H3,(H,23,24,26)/t20-/m0/s1. The van der Waals surface area contributed by atoms with E-state index in [1.54, 1.807) is 25.3 Å². The minimum Gasteiger partial charge on any atom is -0.493 e. The smallest absolute Gasteiger partial charge is 0.241 e. The van der Waals surface area contributed by atoms with Gasteiger partial charge in [0, 0.05) is 24.4 Å². The maximum atomic E-state index is 12.1. The predicted molar refractivity (Wildman–Crippen MR) is 120 cm³/mol. The van der Waals surface area contributed by atoms with Gasteiger partial charge in [0.15, 0.2) is 16.7 Å². The Labute approximate surface area is 189 Å². The Bertz CT molecular complexity index is 1000. The molecule has 0 aromatic heterocycles. The van der Waals surface area contributed by atoms with E-state index in [1.165, 1.54) is 30.6 Å². The fourth-order valence-corrected chi connectivity index (χ4v) is 4.19. The number of halogens is 1. The van der Waals surface area contributed by atoms with Crippen LogP contribution in [-0.2, 0) is 9.59 Å². The topological polar surface area (TPSA) is 89.5 Å². The number of benzene rings is 2. The van der Waals surface area contributed by atoms with Crippen LogP contribution < -0.4 is 19.5 Å². The molecular formula is C21H22ClN3O5S. The molecule has 31 heavy (non-hydrogen) atoms. The van der Waals surface area contributed by atoms with Crippen LogP contribution in [0.2, 0.25) is 5.02 Å². The number of amides is 2. The minimum atomic E-state index is -0.525. The van der Waals surface area contributed by atoms with Crippen LogP contribution in [0.4, 0.5) is 0 Å². The second-order valence-electron chi connectivity index (χ2n) is 6.45. The van der Waals surface area contributed by atoms with Crippen LogP contribution in [0.3, 0.4) is 0 Å². The lowest BCUT2D eigenvalue weighted by molar-refractivity contribution is -0.129. The van der Waals surface area contributed by atoms with Gasteiger partial charge in [-0.15, -0.1) is 5.10 Å². The van der Waals surface area contributed by atoms with Crippen molar-refractivity contribution in [3.63, 3.8) is 0 Å². The Balaban J connectivity index is 1.72. The molecule has 1 heterocycles. The van der Waals surface area contributed by atoms with Crippen LogP contribution in [0.15, 0.2) is 47.6 Å². The molecule has 164 valence electrons. The fourth-order valence-electron chi connectivity index (χ4n) is 2.85. The lowest BCUT2D eigenvalue weighted by Gasteiger charge is -2.22. The van der Waals surface area contributed by atoms with Crippen LogP contribution in [-0.4, -0.2) is 42.3 Å². The molecule has 3 rings (SSSR count). The Hall–Kier alpha value is -2.91. The third kappa shape index (κ3) is 5.83. The number of rotatable bonds is 7. The molecular weight excluding hydrogens is 442 g/mol. The number of nitrogens with zero attached hydrogens (tertiary/aromatic N) is 2. The zero-order valence-electron chi connectivity index (χ0n) is 17.3. The largest absolute Gasteiger partial charge is 0.493 e. The summed E-state index contributed by atoms with van der Waals surface area (Å²) in [6.45, 7) is 3.32. The highest BCUT2D eigenvalue weighted by Gasteiger charge is 2.34. The number of hydrazone groups is 1. The molecule has 0 radical (unpaired) electrons. The second kappa shape index (κ2) is 10.4. The number of hydrogen-bond donors (Lipinski definition) is 1. The number of carbonyl (C=O) groups excluding carboxylic acids is 2. The van der Waals surface area contributed by atoms with E-state index in [9.17, 15) is 9.59 Å². The van der Waals surface area contributed by atoms with E-state index in [0.29, 0.717) is 33.0 Å². The highest BCUT2D eigenvalue weighted by molar-refractivity contribution is 8.14. The van der Waals surface area contributed by atoms with Crippen molar-refractivity contribution >= 4 is 40.3 Å². The van der Waals surface area contributed by atoms with Crippen molar-refractivity contribution in [2.45, 2.75) is 19.2 Å². The van der Waals surface area contributed by atoms with Gasteiger partial charge >= 0.3 is 0 Å². The lowest BCUT2D eigenvalue weighted by atomic mass is 10.2. The first kappa shape index (κ1) is 22.8. The van der Waals surface area contributed by atoms with Gasteiger partial charge in [0.2, 0.25) is 11.8 Å². The Morgan fingerprint density at radius 3 is 2.42 bits per heavy atom. The number of carbonyl (C=O) groups is 2. The average molecular weight is 464 g/mol. The summed E-state index contributed by atoms with van der Waals surface area (Å²) in [6, 6.07) is 12.5. The van der Waals surface area contributed by atoms with E-state index >= 15 is 0 Å². The van der Waals surface area contributed by atoms with Crippen molar-refractivity contribution < 1.29 is 23.8 Å². The summed E-state index contributed by atoms with van der Waals surface area (Å²) in [6.07, 6.45) is 0. The van der Waals surface area contributed by atoms with Crippen molar-refractivity contribution in [2.75, 3.05) is 20.3 Å². The molecule has 0 spiro atoms. The molecule has 0 unspecified atom stereocenters. The van der Waals surface area contributed by atoms with E-state index in [0.717, 1.165) is 0 Å². The van der Waals surface area contributed by atoms with Crippen LogP contribution in [0.5, 0.6) is 17.2 Å². The molecule has 0 fully saturated rings. The van der Waals surface area contributed by atoms with Gasteiger partial charge in [-0.2, -0.15) is 0 Å². The summed E-state index contributed by atoms with van der Waals surface area (Å²) in [5, 5.41) is 8.41. The molecule has 0 aliphatic carbocycles. The molecule has 0 bridgehead atoms. The molecule has 0 saturated carbocycles. The van der Waals surface area contributed by atoms with Gasteiger partial charge in [-0.3, -0.25) is 9.59 Å². The van der Waals surface area contributed by atoms with Crippen LogP contribution in [0, 0.1) is 0 Å². The number of methoxy groups -OCH3 is 1. The first-order chi connectivity index (χ1) is 14.9. The normalized spacial score (nSPS) is 15.3. The molecule has 1 atom stereocenters. The number of amidine groups is 1. The summed E-state index contributed by atoms with van der Waals surface area (Å²) >= 11 is 7.43. The fraction of sp³-hybridized carbons (Fsp3) is 0.286. The molecule has 1 aliphatic heterocycles. The zero-order chi connectivity index (χ0) is 22.4. The van der Waals surface area contributed by atoms with Gasteiger partial charge in [-0.05, 0) is 30.3 Å². The Kier molecular flexibility index (Phi) is 7.64. The first-order valence-corrected chi connectivity index (χ1v) is 10.7. The number of hydrogen-bond acceptors (Lipinski definition) is 7. The number of thioether (sulfide) groups is 1. The number of nitrogens with one attached hydrogen (secondary N) is 1. The quantitative estimate of drug-likeness (QED) is 0.628. The maximum absolute atomic E-state index is 12.1. The van der Waals surface area contributed by atoms with Crippen molar-refractivity contribution in [1.29, 1.82) is 0 Å². The van der Waals surface area contributed by atoms with Gasteiger partial charge in [-0.1, -0.05) is 35.5 Å². The first-order valence-electron chi connectivity index (χ1n) is 9.39. The summed E-state index contributed by atoms with van der Waals surface area (Å²) in [5.74, 6) is 1.25. The summed E-state index contributed by atoms with van der Waals surface area (Å²) in [4.78, 5) is 23.5. The van der Waals surface area contributed by atoms with Gasteiger partial charge in [0.1, 0.15) is 24.3 Å². The minimum absolute atomic E-state index is 0.254. The van der Waals surface area contributed by atoms with E-state index in [4.69, 9.17) is 25.8 Å². The zero-order valence-corrected chi connectivity index (χ0v) is 18.8. The number of ether oxygens (including phenoxy) is 3. The Morgan fingerprint density at radius 2 is 1.77 bits per heavy atom. The van der Waals surface area contributed by atoms with Crippen molar-refractivity contribution in [3.05, 3.63) is 53.1 Å². The van der Waals surface area contributed by atoms with Crippen LogP contribution in [0.25, 0.3) is 0 Å². The van der Waals surface area contributed by atoms with E-state index in [1.807, 2.05) is 24.3 Å². The van der Waals surface area contributed by atoms with Gasteiger partial charge in [-0.25, -0.2) is 5.01 Å². The van der Waals surface area contributed by atoms with Gasteiger partial charge in [0.05, 0.1) is 7.11 Å². The highest BCUT2D eigenvalue weighted by atomic mass is 35.5. The Morgan fingerprint density at radius 1 is 1.10 bits per heavy atom. The van der Waals surface area contributed by atoms with E-state index < -0.39 is 5.37 Å². The third-order valence-corrected chi connectivity index (χ3v) is 5.47. The highest BCUT2D eigenvalue weighted by Crippen LogP contribution is 2.43. The van der Waals surface area contributed by atoms with Crippen molar-refractivity contribution in [1.82, 2.24) is 10.3 Å². The van der Waals surface area contributed by atoms with Crippen LogP contribution >= 0.6 is 23.4 Å². The van der Waals surface area contributed by atoms with Crippen molar-refractivity contribution in [2.24, 2.45) is 5.10 Å². The van der Waals surface area contributed by atoms with Crippen LogP contribution in [0.1, 0.15) is 24.8 Å². The molecule has 0 saturated heterocycles. The second-order valence-corrected chi connectivity index (χ2v) is 7.96. The summed E-state index contributed by atoms with van der Waals surface area (Å²) in [7, 11) is 1.58. The van der Waals surface area contributed by atoms with E-state index in [2.05, 4.69) is 10.4 Å². The predicted octanol–water partition coefficient (Wildman–Crippen LogP) is 3.81. The lowest BCUT2D eigenvalue weighted by Crippen LogP contribution is -2.25. The molecule has 2 aromatic rings. The summed E-state index contributed by atoms with van der Waals surface area (Å²) < 4.78 is 16.9. The molecule has 1 N–H and O–H groups in total. The monoisotopic (exact) mass is 463 g/mol. The third-order valence-electron chi connectivity index (χ3n) is 4.15. The maximum Gasteiger partial charge on any atom is 0.241 e. The van der Waals surface area contributed by atoms with Gasteiger partial charge < -0.3 is 19.5 Å². The molecule has 2 amide bonds. The van der Waals surface area contributed by atoms with Gasteiger partial charge in [0.25, 0.3) is 0 Å². The molecule has 2 aromatic carbocycles. The van der Waals surface area contributed by atoms with E-state index in [-0.39, 0.29) is 25.0 Å². The molecule has 10 heteroatoms.